The molecule has 0 saturated carbocycles. The van der Waals surface area contributed by atoms with Crippen LogP contribution in [0.15, 0.2) is 72.8 Å². The van der Waals surface area contributed by atoms with Crippen LogP contribution in [0, 0.1) is 0 Å². The Labute approximate surface area is 182 Å². The average molecular weight is 416 g/mol. The third kappa shape index (κ3) is 5.10. The molecule has 1 unspecified atom stereocenters. The Morgan fingerprint density at radius 2 is 1.68 bits per heavy atom. The quantitative estimate of drug-likeness (QED) is 0.449. The first-order chi connectivity index (χ1) is 15.1. The molecule has 0 saturated heterocycles. The van der Waals surface area contributed by atoms with E-state index < -0.39 is 0 Å². The predicted octanol–water partition coefficient (Wildman–Crippen LogP) is 2.83. The summed E-state index contributed by atoms with van der Waals surface area (Å²) in [6, 6.07) is 23.1. The summed E-state index contributed by atoms with van der Waals surface area (Å²) < 4.78 is 0. The SMILES string of the molecule is C[NH+](CCCNC(=O)c1ccc2c(c1)NC(=O)c1ccccc1N2)Cc1ccccc1. The Morgan fingerprint density at radius 3 is 2.52 bits per heavy atom. The van der Waals surface area contributed by atoms with Gasteiger partial charge in [-0.25, -0.2) is 0 Å². The van der Waals surface area contributed by atoms with E-state index in [0.717, 1.165) is 30.9 Å². The van der Waals surface area contributed by atoms with Gasteiger partial charge in [0, 0.05) is 24.1 Å². The zero-order valence-electron chi connectivity index (χ0n) is 17.6. The van der Waals surface area contributed by atoms with Crippen molar-refractivity contribution in [1.29, 1.82) is 0 Å². The maximum Gasteiger partial charge on any atom is 0.257 e. The molecule has 1 heterocycles. The maximum absolute atomic E-state index is 12.6. The Balaban J connectivity index is 1.31. The number of hydrogen-bond donors (Lipinski definition) is 4. The molecule has 0 spiro atoms. The van der Waals surface area contributed by atoms with Crippen LogP contribution in [0.1, 0.15) is 32.7 Å². The molecular formula is C25H27N4O2+. The van der Waals surface area contributed by atoms with E-state index in [1.165, 1.54) is 10.5 Å². The molecule has 1 aliphatic heterocycles. The molecule has 0 fully saturated rings. The summed E-state index contributed by atoms with van der Waals surface area (Å²) in [5.74, 6) is -0.330. The molecule has 0 radical (unpaired) electrons. The minimum Gasteiger partial charge on any atom is -0.353 e. The van der Waals surface area contributed by atoms with Crippen LogP contribution in [0.25, 0.3) is 0 Å². The number of quaternary nitrogens is 1. The second-order valence-corrected chi connectivity index (χ2v) is 7.86. The van der Waals surface area contributed by atoms with Crippen molar-refractivity contribution in [3.63, 3.8) is 0 Å². The first-order valence-electron chi connectivity index (χ1n) is 10.5. The van der Waals surface area contributed by atoms with Crippen LogP contribution in [0.4, 0.5) is 17.1 Å². The lowest BCUT2D eigenvalue weighted by atomic mass is 10.1. The second-order valence-electron chi connectivity index (χ2n) is 7.86. The number of para-hydroxylation sites is 1. The third-order valence-corrected chi connectivity index (χ3v) is 5.39. The van der Waals surface area contributed by atoms with Gasteiger partial charge in [-0.05, 0) is 30.3 Å². The standard InChI is InChI=1S/C25H26N4O2/c1-29(17-18-8-3-2-4-9-18)15-7-14-26-24(30)19-12-13-22-23(16-19)28-25(31)20-10-5-6-11-21(20)27-22/h2-6,8-13,16,27H,7,14-15,17H2,1H3,(H,26,30)(H,28,31)/p+1. The normalized spacial score (nSPS) is 13.1. The lowest BCUT2D eigenvalue weighted by Crippen LogP contribution is -3.07. The fraction of sp³-hybridized carbons (Fsp3) is 0.200. The molecule has 0 bridgehead atoms. The number of hydrogen-bond acceptors (Lipinski definition) is 3. The number of fused-ring (bicyclic) bond motifs is 2. The van der Waals surface area contributed by atoms with E-state index in [1.807, 2.05) is 30.3 Å². The van der Waals surface area contributed by atoms with Gasteiger partial charge in [-0.1, -0.05) is 42.5 Å². The zero-order chi connectivity index (χ0) is 21.6. The molecule has 4 N–H and O–H groups in total. The van der Waals surface area contributed by atoms with Crippen molar-refractivity contribution in [2.45, 2.75) is 13.0 Å². The summed E-state index contributed by atoms with van der Waals surface area (Å²) in [6.07, 6.45) is 0.892. The number of benzene rings is 3. The molecule has 2 amide bonds. The number of rotatable bonds is 7. The van der Waals surface area contributed by atoms with Crippen molar-refractivity contribution in [2.24, 2.45) is 0 Å². The topological polar surface area (TPSA) is 74.7 Å². The van der Waals surface area contributed by atoms with Crippen LogP contribution in [-0.2, 0) is 6.54 Å². The van der Waals surface area contributed by atoms with Gasteiger partial charge in [-0.2, -0.15) is 0 Å². The molecule has 31 heavy (non-hydrogen) atoms. The van der Waals surface area contributed by atoms with E-state index in [9.17, 15) is 9.59 Å². The van der Waals surface area contributed by atoms with Gasteiger partial charge >= 0.3 is 0 Å². The van der Waals surface area contributed by atoms with Gasteiger partial charge in [0.05, 0.1) is 36.2 Å². The molecule has 1 aliphatic rings. The summed E-state index contributed by atoms with van der Waals surface area (Å²) in [5.41, 5.74) is 4.52. The highest BCUT2D eigenvalue weighted by Gasteiger charge is 2.19. The van der Waals surface area contributed by atoms with Crippen LogP contribution >= 0.6 is 0 Å². The Morgan fingerprint density at radius 1 is 0.903 bits per heavy atom. The largest absolute Gasteiger partial charge is 0.353 e. The molecule has 6 nitrogen and oxygen atoms in total. The molecule has 3 aromatic carbocycles. The summed E-state index contributed by atoms with van der Waals surface area (Å²) in [6.45, 7) is 2.55. The fourth-order valence-electron chi connectivity index (χ4n) is 3.75. The van der Waals surface area contributed by atoms with Gasteiger partial charge < -0.3 is 20.9 Å². The van der Waals surface area contributed by atoms with Crippen LogP contribution in [0.3, 0.4) is 0 Å². The van der Waals surface area contributed by atoms with Crippen molar-refractivity contribution < 1.29 is 14.5 Å². The van der Waals surface area contributed by atoms with Gasteiger partial charge in [0.2, 0.25) is 0 Å². The fourth-order valence-corrected chi connectivity index (χ4v) is 3.75. The Bertz CT molecular complexity index is 1080. The molecule has 4 rings (SSSR count). The van der Waals surface area contributed by atoms with Crippen molar-refractivity contribution in [3.05, 3.63) is 89.5 Å². The number of anilines is 3. The van der Waals surface area contributed by atoms with Crippen LogP contribution in [0.2, 0.25) is 0 Å². The summed E-state index contributed by atoms with van der Waals surface area (Å²) in [4.78, 5) is 26.5. The molecule has 0 aromatic heterocycles. The van der Waals surface area contributed by atoms with E-state index in [1.54, 1.807) is 18.2 Å². The zero-order valence-corrected chi connectivity index (χ0v) is 17.6. The third-order valence-electron chi connectivity index (χ3n) is 5.39. The average Bonchev–Trinajstić information content (AvgIpc) is 2.92. The lowest BCUT2D eigenvalue weighted by molar-refractivity contribution is -0.893. The Hall–Kier alpha value is -3.64. The van der Waals surface area contributed by atoms with E-state index >= 15 is 0 Å². The van der Waals surface area contributed by atoms with E-state index in [2.05, 4.69) is 47.3 Å². The monoisotopic (exact) mass is 415 g/mol. The lowest BCUT2D eigenvalue weighted by Gasteiger charge is -2.14. The highest BCUT2D eigenvalue weighted by Crippen LogP contribution is 2.32. The molecule has 158 valence electrons. The minimum atomic E-state index is -0.191. The number of nitrogens with one attached hydrogen (secondary N) is 4. The van der Waals surface area contributed by atoms with Crippen molar-refractivity contribution in [3.8, 4) is 0 Å². The first kappa shape index (κ1) is 20.6. The molecule has 3 aromatic rings. The van der Waals surface area contributed by atoms with Gasteiger partial charge in [0.1, 0.15) is 6.54 Å². The van der Waals surface area contributed by atoms with Crippen LogP contribution in [-0.4, -0.2) is 32.0 Å². The van der Waals surface area contributed by atoms with Gasteiger partial charge in [-0.3, -0.25) is 9.59 Å². The number of carbonyl (C=O) groups is 2. The van der Waals surface area contributed by atoms with Gasteiger partial charge in [0.15, 0.2) is 0 Å². The predicted molar refractivity (Wildman–Crippen MR) is 123 cm³/mol. The summed E-state index contributed by atoms with van der Waals surface area (Å²) in [7, 11) is 2.16. The van der Waals surface area contributed by atoms with Crippen molar-refractivity contribution >= 4 is 28.9 Å². The van der Waals surface area contributed by atoms with Gasteiger partial charge in [-0.15, -0.1) is 0 Å². The number of amides is 2. The minimum absolute atomic E-state index is 0.139. The molecular weight excluding hydrogens is 388 g/mol. The highest BCUT2D eigenvalue weighted by atomic mass is 16.2. The van der Waals surface area contributed by atoms with Crippen molar-refractivity contribution in [2.75, 3.05) is 30.8 Å². The summed E-state index contributed by atoms with van der Waals surface area (Å²) >= 11 is 0. The van der Waals surface area contributed by atoms with Gasteiger partial charge in [0.25, 0.3) is 11.8 Å². The molecule has 0 aliphatic carbocycles. The van der Waals surface area contributed by atoms with E-state index in [4.69, 9.17) is 0 Å². The van der Waals surface area contributed by atoms with Crippen molar-refractivity contribution in [1.82, 2.24) is 5.32 Å². The molecule has 6 heteroatoms. The van der Waals surface area contributed by atoms with E-state index in [-0.39, 0.29) is 11.8 Å². The Kier molecular flexibility index (Phi) is 6.29. The van der Waals surface area contributed by atoms with Crippen LogP contribution < -0.4 is 20.9 Å². The maximum atomic E-state index is 12.6. The smallest absolute Gasteiger partial charge is 0.257 e. The second kappa shape index (κ2) is 9.45. The first-order valence-corrected chi connectivity index (χ1v) is 10.5. The molecule has 1 atom stereocenters. The van der Waals surface area contributed by atoms with Crippen LogP contribution in [0.5, 0.6) is 0 Å². The highest BCUT2D eigenvalue weighted by molar-refractivity contribution is 6.12. The van der Waals surface area contributed by atoms with E-state index in [0.29, 0.717) is 23.4 Å². The number of carbonyl (C=O) groups excluding carboxylic acids is 2. The summed E-state index contributed by atoms with van der Waals surface area (Å²) in [5, 5.41) is 9.14.